The fourth-order valence-electron chi connectivity index (χ4n) is 1.38. The van der Waals surface area contributed by atoms with Crippen molar-refractivity contribution in [2.45, 2.75) is 12.5 Å². The highest BCUT2D eigenvalue weighted by molar-refractivity contribution is 5.92. The summed E-state index contributed by atoms with van der Waals surface area (Å²) < 4.78 is 52.4. The monoisotopic (exact) mass is 306 g/mol. The molecule has 0 bridgehead atoms. The van der Waals surface area contributed by atoms with Crippen LogP contribution in [0.3, 0.4) is 0 Å². The van der Waals surface area contributed by atoms with Crippen molar-refractivity contribution < 1.29 is 32.3 Å². The maximum atomic E-state index is 13.3. The first-order valence-electron chi connectivity index (χ1n) is 5.52. The number of carboxylic acid groups (broad SMARTS) is 1. The van der Waals surface area contributed by atoms with Gasteiger partial charge >= 0.3 is 12.0 Å². The van der Waals surface area contributed by atoms with Gasteiger partial charge in [0.2, 0.25) is 0 Å². The van der Waals surface area contributed by atoms with Crippen LogP contribution in [0.2, 0.25) is 0 Å². The molecule has 1 rings (SSSR count). The van der Waals surface area contributed by atoms with Crippen LogP contribution in [0.5, 0.6) is 0 Å². The third kappa shape index (κ3) is 3.94. The molecule has 0 saturated carbocycles. The normalized spacial score (nSPS) is 11.6. The Hall–Kier alpha value is -2.58. The Bertz CT molecular complexity index is 566. The number of carbonyl (C=O) groups excluding carboxylic acids is 1. The molecule has 114 valence electrons. The van der Waals surface area contributed by atoms with Crippen molar-refractivity contribution in [3.8, 4) is 0 Å². The van der Waals surface area contributed by atoms with Crippen molar-refractivity contribution in [1.82, 2.24) is 5.32 Å². The molecule has 0 aliphatic heterocycles. The lowest BCUT2D eigenvalue weighted by Crippen LogP contribution is -2.43. The Balaban J connectivity index is 2.93. The molecule has 0 aliphatic rings. The number of amides is 2. The zero-order chi connectivity index (χ0) is 16.2. The van der Waals surface area contributed by atoms with Crippen LogP contribution < -0.4 is 10.6 Å². The predicted octanol–water partition coefficient (Wildman–Crippen LogP) is 2.39. The van der Waals surface area contributed by atoms with E-state index in [1.54, 1.807) is 0 Å². The first kappa shape index (κ1) is 16.5. The van der Waals surface area contributed by atoms with Gasteiger partial charge in [-0.05, 0) is 6.42 Å². The Morgan fingerprint density at radius 2 is 1.76 bits per heavy atom. The number of nitrogens with one attached hydrogen (secondary N) is 2. The van der Waals surface area contributed by atoms with Gasteiger partial charge < -0.3 is 15.7 Å². The van der Waals surface area contributed by atoms with E-state index in [9.17, 15) is 27.2 Å². The number of rotatable bonds is 5. The number of halogens is 4. The molecular weight excluding hydrogens is 296 g/mol. The first-order valence-corrected chi connectivity index (χ1v) is 5.52. The van der Waals surface area contributed by atoms with Crippen LogP contribution in [0, 0.1) is 23.3 Å². The van der Waals surface area contributed by atoms with Crippen LogP contribution in [0.15, 0.2) is 18.7 Å². The lowest BCUT2D eigenvalue weighted by molar-refractivity contribution is -0.139. The minimum Gasteiger partial charge on any atom is -0.480 e. The number of carboxylic acids is 1. The second-order valence-electron chi connectivity index (χ2n) is 3.86. The SMILES string of the molecule is C=CCC(NC(=O)Nc1c(F)c(F)cc(F)c1F)C(=O)O. The van der Waals surface area contributed by atoms with Crippen molar-refractivity contribution in [1.29, 1.82) is 0 Å². The van der Waals surface area contributed by atoms with Gasteiger partial charge in [0, 0.05) is 6.07 Å². The summed E-state index contributed by atoms with van der Waals surface area (Å²) in [7, 11) is 0. The molecule has 1 aromatic rings. The molecule has 1 unspecified atom stereocenters. The molecule has 0 spiro atoms. The minimum atomic E-state index is -1.81. The number of urea groups is 1. The molecule has 1 atom stereocenters. The molecule has 1 aromatic carbocycles. The van der Waals surface area contributed by atoms with Crippen molar-refractivity contribution in [3.05, 3.63) is 42.0 Å². The molecule has 9 heteroatoms. The molecule has 0 aromatic heterocycles. The first-order chi connectivity index (χ1) is 9.77. The van der Waals surface area contributed by atoms with E-state index in [4.69, 9.17) is 5.11 Å². The summed E-state index contributed by atoms with van der Waals surface area (Å²) in [6.45, 7) is 3.27. The summed E-state index contributed by atoms with van der Waals surface area (Å²) in [5, 5.41) is 12.1. The van der Waals surface area contributed by atoms with Gasteiger partial charge in [-0.1, -0.05) is 6.08 Å². The van der Waals surface area contributed by atoms with Gasteiger partial charge in [0.05, 0.1) is 0 Å². The van der Waals surface area contributed by atoms with E-state index < -0.39 is 47.0 Å². The van der Waals surface area contributed by atoms with Crippen molar-refractivity contribution >= 4 is 17.7 Å². The number of hydrogen-bond acceptors (Lipinski definition) is 2. The van der Waals surface area contributed by atoms with Crippen LogP contribution in [-0.4, -0.2) is 23.1 Å². The molecule has 0 fully saturated rings. The number of anilines is 1. The third-order valence-electron chi connectivity index (χ3n) is 2.36. The summed E-state index contributed by atoms with van der Waals surface area (Å²) in [6.07, 6.45) is 1.04. The van der Waals surface area contributed by atoms with Gasteiger partial charge in [-0.25, -0.2) is 27.2 Å². The van der Waals surface area contributed by atoms with Crippen LogP contribution in [0.25, 0.3) is 0 Å². The van der Waals surface area contributed by atoms with Crippen molar-refractivity contribution in [3.63, 3.8) is 0 Å². The Morgan fingerprint density at radius 1 is 1.24 bits per heavy atom. The second kappa shape index (κ2) is 6.73. The molecular formula is C12H10F4N2O3. The Kier molecular flexibility index (Phi) is 5.28. The summed E-state index contributed by atoms with van der Waals surface area (Å²) >= 11 is 0. The number of aliphatic carboxylic acids is 1. The fraction of sp³-hybridized carbons (Fsp3) is 0.167. The third-order valence-corrected chi connectivity index (χ3v) is 2.36. The molecule has 0 aliphatic carbocycles. The Morgan fingerprint density at radius 3 is 2.19 bits per heavy atom. The van der Waals surface area contributed by atoms with Crippen LogP contribution in [0.4, 0.5) is 28.0 Å². The molecule has 21 heavy (non-hydrogen) atoms. The minimum absolute atomic E-state index is 0.0223. The molecule has 0 heterocycles. The standard InChI is InChI=1S/C12H10F4N2O3/c1-2-3-7(11(19)20)17-12(21)18-10-8(15)5(13)4-6(14)9(10)16/h2,4,7H,1,3H2,(H,19,20)(H2,17,18,21). The van der Waals surface area contributed by atoms with Gasteiger partial charge in [0.25, 0.3) is 0 Å². The zero-order valence-corrected chi connectivity index (χ0v) is 10.4. The number of hydrogen-bond donors (Lipinski definition) is 3. The highest BCUT2D eigenvalue weighted by Crippen LogP contribution is 2.23. The van der Waals surface area contributed by atoms with Crippen LogP contribution >= 0.6 is 0 Å². The summed E-state index contributed by atoms with van der Waals surface area (Å²) in [6, 6.07) is -2.77. The molecule has 2 amide bonds. The van der Waals surface area contributed by atoms with Gasteiger partial charge in [0.1, 0.15) is 11.7 Å². The summed E-state index contributed by atoms with van der Waals surface area (Å²) in [5.41, 5.74) is -1.35. The van der Waals surface area contributed by atoms with E-state index in [1.165, 1.54) is 11.4 Å². The van der Waals surface area contributed by atoms with Gasteiger partial charge in [0.15, 0.2) is 23.3 Å². The quantitative estimate of drug-likeness (QED) is 0.444. The second-order valence-corrected chi connectivity index (χ2v) is 3.86. The van der Waals surface area contributed by atoms with Gasteiger partial charge in [-0.2, -0.15) is 0 Å². The van der Waals surface area contributed by atoms with E-state index in [2.05, 4.69) is 6.58 Å². The summed E-state index contributed by atoms with van der Waals surface area (Å²) in [4.78, 5) is 22.2. The predicted molar refractivity (Wildman–Crippen MR) is 64.7 cm³/mol. The lowest BCUT2D eigenvalue weighted by atomic mass is 10.2. The van der Waals surface area contributed by atoms with Crippen molar-refractivity contribution in [2.75, 3.05) is 5.32 Å². The molecule has 0 radical (unpaired) electrons. The van der Waals surface area contributed by atoms with Crippen LogP contribution in [-0.2, 0) is 4.79 Å². The maximum absolute atomic E-state index is 13.3. The highest BCUT2D eigenvalue weighted by Gasteiger charge is 2.23. The zero-order valence-electron chi connectivity index (χ0n) is 10.4. The van der Waals surface area contributed by atoms with Crippen LogP contribution in [0.1, 0.15) is 6.42 Å². The van der Waals surface area contributed by atoms with Crippen molar-refractivity contribution in [2.24, 2.45) is 0 Å². The van der Waals surface area contributed by atoms with E-state index in [-0.39, 0.29) is 12.5 Å². The number of carbonyl (C=O) groups is 2. The highest BCUT2D eigenvalue weighted by atomic mass is 19.2. The fourth-order valence-corrected chi connectivity index (χ4v) is 1.38. The molecule has 3 N–H and O–H groups in total. The van der Waals surface area contributed by atoms with Gasteiger partial charge in [-0.15, -0.1) is 6.58 Å². The average Bonchev–Trinajstić information content (AvgIpc) is 2.41. The number of benzene rings is 1. The van der Waals surface area contributed by atoms with E-state index in [0.717, 1.165) is 0 Å². The lowest BCUT2D eigenvalue weighted by Gasteiger charge is -2.14. The molecule has 5 nitrogen and oxygen atoms in total. The Labute approximate surface area is 116 Å². The molecule has 0 saturated heterocycles. The van der Waals surface area contributed by atoms with E-state index >= 15 is 0 Å². The van der Waals surface area contributed by atoms with E-state index in [1.807, 2.05) is 5.32 Å². The summed E-state index contributed by atoms with van der Waals surface area (Å²) in [5.74, 6) is -8.44. The smallest absolute Gasteiger partial charge is 0.326 e. The largest absolute Gasteiger partial charge is 0.480 e. The maximum Gasteiger partial charge on any atom is 0.326 e. The van der Waals surface area contributed by atoms with Gasteiger partial charge in [-0.3, -0.25) is 0 Å². The topological polar surface area (TPSA) is 78.4 Å². The van der Waals surface area contributed by atoms with E-state index in [0.29, 0.717) is 0 Å². The average molecular weight is 306 g/mol.